The van der Waals surface area contributed by atoms with Gasteiger partial charge in [0, 0.05) is 0 Å². The first-order chi connectivity index (χ1) is 25.3. The molecule has 0 aliphatic carbocycles. The zero-order valence-electron chi connectivity index (χ0n) is 28.2. The minimum absolute atomic E-state index is 1.24. The van der Waals surface area contributed by atoms with Gasteiger partial charge in [-0.1, -0.05) is 170 Å². The molecule has 0 spiro atoms. The van der Waals surface area contributed by atoms with Crippen molar-refractivity contribution in [2.45, 2.75) is 6.92 Å². The third-order valence-electron chi connectivity index (χ3n) is 11.2. The van der Waals surface area contributed by atoms with Crippen molar-refractivity contribution in [3.05, 3.63) is 175 Å². The van der Waals surface area contributed by atoms with E-state index >= 15 is 0 Å². The lowest BCUT2D eigenvalue weighted by Crippen LogP contribution is -1.91. The van der Waals surface area contributed by atoms with Gasteiger partial charge in [-0.15, -0.1) is 0 Å². The van der Waals surface area contributed by atoms with Crippen molar-refractivity contribution in [1.82, 2.24) is 0 Å². The largest absolute Gasteiger partial charge is 0.0870 e. The van der Waals surface area contributed by atoms with Gasteiger partial charge in [0.2, 0.25) is 0 Å². The van der Waals surface area contributed by atoms with Gasteiger partial charge in [0.1, 0.15) is 0 Å². The Labute approximate surface area is 296 Å². The average molecular weight is 645 g/mol. The smallest absolute Gasteiger partial charge is 0.000719 e. The molecule has 0 aliphatic heterocycles. The monoisotopic (exact) mass is 644 g/mol. The van der Waals surface area contributed by atoms with Crippen LogP contribution in [-0.2, 0) is 0 Å². The van der Waals surface area contributed by atoms with E-state index in [0.29, 0.717) is 0 Å². The molecule has 0 atom stereocenters. The maximum absolute atomic E-state index is 2.52. The van der Waals surface area contributed by atoms with Crippen LogP contribution in [0.1, 0.15) is 12.5 Å². The average Bonchev–Trinajstić information content (AvgIpc) is 3.70. The lowest BCUT2D eigenvalue weighted by molar-refractivity contribution is 1.62. The Balaban J connectivity index is 1.44. The second-order valence-electron chi connectivity index (χ2n) is 13.8. The first-order valence-electron chi connectivity index (χ1n) is 17.9. The zero-order chi connectivity index (χ0) is 33.6. The van der Waals surface area contributed by atoms with E-state index in [2.05, 4.69) is 183 Å². The van der Waals surface area contributed by atoms with Crippen LogP contribution in [0.15, 0.2) is 170 Å². The van der Waals surface area contributed by atoms with Gasteiger partial charge in [-0.3, -0.25) is 0 Å². The molecule has 0 heterocycles. The first kappa shape index (κ1) is 28.3. The lowest BCUT2D eigenvalue weighted by atomic mass is 9.84. The molecule has 0 bridgehead atoms. The van der Waals surface area contributed by atoms with Gasteiger partial charge >= 0.3 is 0 Å². The summed E-state index contributed by atoms with van der Waals surface area (Å²) in [6.07, 6.45) is 4.36. The highest BCUT2D eigenvalue weighted by Gasteiger charge is 2.26. The fourth-order valence-electron chi connectivity index (χ4n) is 9.31. The summed E-state index contributed by atoms with van der Waals surface area (Å²) >= 11 is 0. The lowest BCUT2D eigenvalue weighted by Gasteiger charge is -2.19. The van der Waals surface area contributed by atoms with Crippen molar-refractivity contribution in [3.8, 4) is 33.4 Å². The molecule has 0 saturated heterocycles. The molecule has 236 valence electrons. The molecule has 11 aromatic carbocycles. The molecule has 0 radical (unpaired) electrons. The molecule has 11 rings (SSSR count). The summed E-state index contributed by atoms with van der Waals surface area (Å²) in [5.74, 6) is 0. The molecule has 51 heavy (non-hydrogen) atoms. The van der Waals surface area contributed by atoms with Gasteiger partial charge in [-0.2, -0.15) is 0 Å². The van der Waals surface area contributed by atoms with E-state index in [1.54, 1.807) is 0 Å². The van der Waals surface area contributed by atoms with E-state index < -0.39 is 0 Å². The van der Waals surface area contributed by atoms with Crippen LogP contribution in [0.25, 0.3) is 115 Å². The van der Waals surface area contributed by atoms with Crippen LogP contribution < -0.4 is 0 Å². The minimum atomic E-state index is 1.24. The third kappa shape index (κ3) is 3.85. The summed E-state index contributed by atoms with van der Waals surface area (Å²) < 4.78 is 0. The van der Waals surface area contributed by atoms with Gasteiger partial charge in [-0.05, 0) is 127 Å². The molecular weight excluding hydrogens is 613 g/mol. The Bertz CT molecular complexity index is 3160. The van der Waals surface area contributed by atoms with Crippen molar-refractivity contribution in [2.75, 3.05) is 0 Å². The van der Waals surface area contributed by atoms with Crippen LogP contribution in [0.5, 0.6) is 0 Å². The van der Waals surface area contributed by atoms with Gasteiger partial charge in [-0.25, -0.2) is 0 Å². The summed E-state index contributed by atoms with van der Waals surface area (Å²) in [6.45, 7) is 2.09. The SMILES string of the molecule is CC=Cc1ccccc1-c1ccc2c3c(-c4ccccc4)c4c(cc5c6ccccc6c6cccc4c65)c(-c4ccccc4)c3c3cccc1c32. The highest BCUT2D eigenvalue weighted by atomic mass is 14.3. The summed E-state index contributed by atoms with van der Waals surface area (Å²) in [6, 6.07) is 61.1. The van der Waals surface area contributed by atoms with Crippen LogP contribution in [0, 0.1) is 0 Å². The molecule has 0 N–H and O–H groups in total. The number of rotatable bonds is 4. The predicted octanol–water partition coefficient (Wildman–Crippen LogP) is 14.7. The second kappa shape index (κ2) is 10.7. The van der Waals surface area contributed by atoms with Gasteiger partial charge < -0.3 is 0 Å². The molecule has 0 unspecified atom stereocenters. The number of allylic oxidation sites excluding steroid dienone is 1. The van der Waals surface area contributed by atoms with Crippen molar-refractivity contribution in [2.24, 2.45) is 0 Å². The standard InChI is InChI=1S/C51H32/c1-2-15-31-16-9-10-21-34(31)37-28-29-42-47-39(37)25-14-27-41(47)50-45(32-17-5-3-6-18-32)44-30-43-36-23-12-11-22-35(36)38-24-13-26-40(48(38)43)49(44)46(51(42)50)33-19-7-4-8-20-33/h2-30H,1H3. The number of benzene rings is 9. The topological polar surface area (TPSA) is 0 Å². The maximum Gasteiger partial charge on any atom is -0.000719 e. The van der Waals surface area contributed by atoms with E-state index in [1.807, 2.05) is 0 Å². The van der Waals surface area contributed by atoms with E-state index in [0.717, 1.165) is 0 Å². The number of hydrogen-bond donors (Lipinski definition) is 0. The number of fused-ring (bicyclic) bond motifs is 8. The highest BCUT2D eigenvalue weighted by Crippen LogP contribution is 2.55. The Kier molecular flexibility index (Phi) is 5.97. The second-order valence-corrected chi connectivity index (χ2v) is 13.8. The Morgan fingerprint density at radius 3 is 1.59 bits per heavy atom. The van der Waals surface area contributed by atoms with Crippen molar-refractivity contribution < 1.29 is 0 Å². The molecule has 0 heteroatoms. The first-order valence-corrected chi connectivity index (χ1v) is 17.9. The van der Waals surface area contributed by atoms with Crippen molar-refractivity contribution in [1.29, 1.82) is 0 Å². The van der Waals surface area contributed by atoms with E-state index in [4.69, 9.17) is 0 Å². The predicted molar refractivity (Wildman–Crippen MR) is 222 cm³/mol. The number of hydrogen-bond acceptors (Lipinski definition) is 0. The zero-order valence-corrected chi connectivity index (χ0v) is 28.2. The molecule has 0 nitrogen and oxygen atoms in total. The molecule has 11 aromatic rings. The van der Waals surface area contributed by atoms with Gasteiger partial charge in [0.05, 0.1) is 0 Å². The van der Waals surface area contributed by atoms with Gasteiger partial charge in [0.25, 0.3) is 0 Å². The third-order valence-corrected chi connectivity index (χ3v) is 11.2. The Hall–Kier alpha value is -6.50. The van der Waals surface area contributed by atoms with Crippen LogP contribution in [0.2, 0.25) is 0 Å². The highest BCUT2D eigenvalue weighted by molar-refractivity contribution is 6.45. The molecule has 0 amide bonds. The molecular formula is C51H32. The Morgan fingerprint density at radius 1 is 0.314 bits per heavy atom. The van der Waals surface area contributed by atoms with Crippen molar-refractivity contribution in [3.63, 3.8) is 0 Å². The molecule has 0 saturated carbocycles. The fraction of sp³-hybridized carbons (Fsp3) is 0.0196. The summed E-state index contributed by atoms with van der Waals surface area (Å²) in [7, 11) is 0. The van der Waals surface area contributed by atoms with Crippen LogP contribution in [-0.4, -0.2) is 0 Å². The molecule has 0 fully saturated rings. The maximum atomic E-state index is 2.52. The van der Waals surface area contributed by atoms with Crippen LogP contribution >= 0.6 is 0 Å². The fourth-order valence-corrected chi connectivity index (χ4v) is 9.31. The van der Waals surface area contributed by atoms with Crippen molar-refractivity contribution >= 4 is 81.5 Å². The summed E-state index contributed by atoms with van der Waals surface area (Å²) in [4.78, 5) is 0. The summed E-state index contributed by atoms with van der Waals surface area (Å²) in [5, 5.41) is 18.5. The normalized spacial score (nSPS) is 12.3. The Morgan fingerprint density at radius 2 is 0.843 bits per heavy atom. The van der Waals surface area contributed by atoms with E-state index in [1.165, 1.54) is 114 Å². The van der Waals surface area contributed by atoms with E-state index in [9.17, 15) is 0 Å². The minimum Gasteiger partial charge on any atom is -0.0870 e. The van der Waals surface area contributed by atoms with E-state index in [-0.39, 0.29) is 0 Å². The van der Waals surface area contributed by atoms with Crippen LogP contribution in [0.4, 0.5) is 0 Å². The quantitative estimate of drug-likeness (QED) is 0.167. The van der Waals surface area contributed by atoms with Crippen LogP contribution in [0.3, 0.4) is 0 Å². The van der Waals surface area contributed by atoms with Gasteiger partial charge in [0.15, 0.2) is 0 Å². The summed E-state index contributed by atoms with van der Waals surface area (Å²) in [5.41, 5.74) is 8.89. The molecule has 0 aromatic heterocycles. The molecule has 0 aliphatic rings.